The fourth-order valence-electron chi connectivity index (χ4n) is 3.19. The molecule has 0 radical (unpaired) electrons. The van der Waals surface area contributed by atoms with E-state index in [1.807, 2.05) is 0 Å². The Bertz CT molecular complexity index is 670. The number of aliphatic hydroxyl groups excluding tert-OH is 1. The molecule has 0 saturated heterocycles. The maximum atomic E-state index is 11.7. The molecule has 8 heteroatoms. The molecule has 0 spiro atoms. The minimum absolute atomic E-state index is 0.128. The van der Waals surface area contributed by atoms with Crippen LogP contribution in [-0.4, -0.2) is 48.4 Å². The number of carbonyl (C=O) groups excluding carboxylic acids is 3. The molecular formula is C25H39NO7. The number of ether oxygens (including phenoxy) is 3. The van der Waals surface area contributed by atoms with E-state index in [9.17, 15) is 19.5 Å². The maximum Gasteiger partial charge on any atom is 0.391 e. The van der Waals surface area contributed by atoms with Crippen LogP contribution in [0.15, 0.2) is 29.3 Å². The summed E-state index contributed by atoms with van der Waals surface area (Å²) in [6.07, 6.45) is 17.8. The summed E-state index contributed by atoms with van der Waals surface area (Å²) < 4.78 is 14.3. The Hall–Kier alpha value is -2.48. The third-order valence-electron chi connectivity index (χ3n) is 5.03. The summed E-state index contributed by atoms with van der Waals surface area (Å²) in [4.78, 5) is 38.5. The molecule has 1 aliphatic rings. The normalized spacial score (nSPS) is 14.3. The molecule has 33 heavy (non-hydrogen) atoms. The summed E-state index contributed by atoms with van der Waals surface area (Å²) in [5.74, 6) is -2.35. The highest BCUT2D eigenvalue weighted by atomic mass is 16.7. The summed E-state index contributed by atoms with van der Waals surface area (Å²) in [6, 6.07) is 0. The zero-order chi connectivity index (χ0) is 24.2. The topological polar surface area (TPSA) is 111 Å². The third kappa shape index (κ3) is 16.8. The highest BCUT2D eigenvalue weighted by molar-refractivity contribution is 5.98. The molecule has 8 nitrogen and oxygen atoms in total. The minimum Gasteiger partial charge on any atom is -0.448 e. The van der Waals surface area contributed by atoms with E-state index < -0.39 is 17.9 Å². The number of esters is 3. The molecule has 1 aliphatic heterocycles. The second-order valence-corrected chi connectivity index (χ2v) is 8.06. The average Bonchev–Trinajstić information content (AvgIpc) is 3.29. The molecule has 0 fully saturated rings. The first-order valence-corrected chi connectivity index (χ1v) is 12.2. The van der Waals surface area contributed by atoms with Crippen molar-refractivity contribution in [3.05, 3.63) is 24.3 Å². The molecular weight excluding hydrogens is 426 g/mol. The molecule has 1 rings (SSSR count). The molecule has 0 saturated carbocycles. The van der Waals surface area contributed by atoms with Crippen molar-refractivity contribution in [1.29, 1.82) is 0 Å². The van der Waals surface area contributed by atoms with Crippen molar-refractivity contribution in [2.24, 2.45) is 4.99 Å². The summed E-state index contributed by atoms with van der Waals surface area (Å²) >= 11 is 0. The standard InChI is InChI=1S/C25H39NO7/c1-2-3-4-11-14-21(27)15-12-9-7-5-6-8-10-13-16-22(28)32-23(29)17-18-24(30)33-25-26-19-20-31-25/h9,12,17-18,21,27H,2-8,10-11,13-16,19-20H2,1H3/b12-9-,18-17-/t21-/m1/s1. The van der Waals surface area contributed by atoms with Crippen LogP contribution >= 0.6 is 0 Å². The van der Waals surface area contributed by atoms with Gasteiger partial charge < -0.3 is 19.3 Å². The Kier molecular flexibility index (Phi) is 16.5. The highest BCUT2D eigenvalue weighted by Gasteiger charge is 2.13. The van der Waals surface area contributed by atoms with Crippen molar-refractivity contribution in [2.45, 2.75) is 96.5 Å². The molecule has 0 amide bonds. The SMILES string of the molecule is CCCCCC[C@@H](O)C/C=C\CCCCCCCC(=O)OC(=O)/C=C\C(=O)OC1=NCCO1. The van der Waals surface area contributed by atoms with Gasteiger partial charge in [-0.15, -0.1) is 0 Å². The first-order valence-electron chi connectivity index (χ1n) is 12.2. The van der Waals surface area contributed by atoms with Gasteiger partial charge >= 0.3 is 24.0 Å². The first-order chi connectivity index (χ1) is 16.0. The highest BCUT2D eigenvalue weighted by Crippen LogP contribution is 2.11. The number of nitrogens with zero attached hydrogens (tertiary/aromatic N) is 1. The van der Waals surface area contributed by atoms with Crippen LogP contribution in [0.25, 0.3) is 0 Å². The van der Waals surface area contributed by atoms with Crippen molar-refractivity contribution in [3.63, 3.8) is 0 Å². The smallest absolute Gasteiger partial charge is 0.391 e. The van der Waals surface area contributed by atoms with E-state index in [0.717, 1.165) is 63.5 Å². The van der Waals surface area contributed by atoms with Crippen molar-refractivity contribution < 1.29 is 33.7 Å². The van der Waals surface area contributed by atoms with Crippen LogP contribution in [0.2, 0.25) is 0 Å². The number of unbranched alkanes of at least 4 members (excludes halogenated alkanes) is 8. The van der Waals surface area contributed by atoms with Gasteiger partial charge in [0.15, 0.2) is 0 Å². The minimum atomic E-state index is -0.913. The number of hydrogen-bond acceptors (Lipinski definition) is 8. The van der Waals surface area contributed by atoms with Crippen LogP contribution in [-0.2, 0) is 28.6 Å². The van der Waals surface area contributed by atoms with Gasteiger partial charge in [-0.25, -0.2) is 14.6 Å². The summed E-state index contributed by atoms with van der Waals surface area (Å²) in [5.41, 5.74) is 0. The van der Waals surface area contributed by atoms with Gasteiger partial charge in [0.1, 0.15) is 6.61 Å². The molecule has 0 aromatic heterocycles. The van der Waals surface area contributed by atoms with E-state index in [1.165, 1.54) is 19.3 Å². The van der Waals surface area contributed by atoms with Crippen LogP contribution in [0.1, 0.15) is 90.4 Å². The Labute approximate surface area is 197 Å². The van der Waals surface area contributed by atoms with Crippen molar-refractivity contribution in [3.8, 4) is 0 Å². The lowest BCUT2D eigenvalue weighted by Gasteiger charge is -2.07. The maximum absolute atomic E-state index is 11.7. The second kappa shape index (κ2) is 19.0. The lowest BCUT2D eigenvalue weighted by atomic mass is 10.1. The zero-order valence-corrected chi connectivity index (χ0v) is 19.8. The number of allylic oxidation sites excluding steroid dienone is 1. The van der Waals surface area contributed by atoms with Crippen LogP contribution in [0.5, 0.6) is 0 Å². The average molecular weight is 466 g/mol. The molecule has 186 valence electrons. The number of hydrogen-bond donors (Lipinski definition) is 1. The number of aliphatic imine (C=N–C) groups is 1. The van der Waals surface area contributed by atoms with Crippen LogP contribution in [0.3, 0.4) is 0 Å². The molecule has 0 unspecified atom stereocenters. The van der Waals surface area contributed by atoms with Gasteiger partial charge in [0, 0.05) is 18.6 Å². The van der Waals surface area contributed by atoms with E-state index in [2.05, 4.69) is 28.8 Å². The van der Waals surface area contributed by atoms with Gasteiger partial charge in [0.2, 0.25) is 0 Å². The van der Waals surface area contributed by atoms with Gasteiger partial charge in [0.25, 0.3) is 0 Å². The molecule has 1 N–H and O–H groups in total. The summed E-state index contributed by atoms with van der Waals surface area (Å²) in [7, 11) is 0. The van der Waals surface area contributed by atoms with E-state index in [1.54, 1.807) is 0 Å². The van der Waals surface area contributed by atoms with Gasteiger partial charge in [-0.05, 0) is 32.1 Å². The van der Waals surface area contributed by atoms with Crippen LogP contribution < -0.4 is 0 Å². The number of aliphatic hydroxyl groups is 1. The summed E-state index contributed by atoms with van der Waals surface area (Å²) in [6.45, 7) is 2.96. The Morgan fingerprint density at radius 1 is 1.00 bits per heavy atom. The molecule has 1 atom stereocenters. The Morgan fingerprint density at radius 2 is 1.73 bits per heavy atom. The van der Waals surface area contributed by atoms with E-state index in [4.69, 9.17) is 9.47 Å². The first kappa shape index (κ1) is 28.6. The molecule has 0 aromatic rings. The third-order valence-corrected chi connectivity index (χ3v) is 5.03. The van der Waals surface area contributed by atoms with Crippen LogP contribution in [0, 0.1) is 0 Å². The fourth-order valence-corrected chi connectivity index (χ4v) is 3.19. The lowest BCUT2D eigenvalue weighted by molar-refractivity contribution is -0.156. The fraction of sp³-hybridized carbons (Fsp3) is 0.680. The number of rotatable bonds is 17. The predicted octanol–water partition coefficient (Wildman–Crippen LogP) is 4.55. The Balaban J connectivity index is 1.96. The quantitative estimate of drug-likeness (QED) is 0.110. The van der Waals surface area contributed by atoms with E-state index >= 15 is 0 Å². The Morgan fingerprint density at radius 3 is 2.48 bits per heavy atom. The van der Waals surface area contributed by atoms with Gasteiger partial charge in [0.05, 0.1) is 12.6 Å². The molecule has 0 aromatic carbocycles. The van der Waals surface area contributed by atoms with Crippen LogP contribution in [0.4, 0.5) is 0 Å². The van der Waals surface area contributed by atoms with Crippen molar-refractivity contribution in [2.75, 3.05) is 13.2 Å². The van der Waals surface area contributed by atoms with Gasteiger partial charge in [-0.3, -0.25) is 4.79 Å². The monoisotopic (exact) mass is 465 g/mol. The molecule has 0 aliphatic carbocycles. The predicted molar refractivity (Wildman–Crippen MR) is 125 cm³/mol. The summed E-state index contributed by atoms with van der Waals surface area (Å²) in [5, 5.41) is 9.91. The largest absolute Gasteiger partial charge is 0.448 e. The van der Waals surface area contributed by atoms with Gasteiger partial charge in [-0.1, -0.05) is 64.0 Å². The molecule has 1 heterocycles. The van der Waals surface area contributed by atoms with Crippen molar-refractivity contribution >= 4 is 24.0 Å². The lowest BCUT2D eigenvalue weighted by Crippen LogP contribution is -2.12. The zero-order valence-electron chi connectivity index (χ0n) is 19.8. The van der Waals surface area contributed by atoms with Crippen molar-refractivity contribution in [1.82, 2.24) is 0 Å². The second-order valence-electron chi connectivity index (χ2n) is 8.06. The molecule has 0 bridgehead atoms. The van der Waals surface area contributed by atoms with E-state index in [-0.39, 0.29) is 18.6 Å². The number of carbonyl (C=O) groups is 3. The van der Waals surface area contributed by atoms with Gasteiger partial charge in [-0.2, -0.15) is 0 Å². The van der Waals surface area contributed by atoms with E-state index in [0.29, 0.717) is 19.6 Å².